The van der Waals surface area contributed by atoms with Crippen LogP contribution >= 0.6 is 7.82 Å². The monoisotopic (exact) mass is 863 g/mol. The second-order valence-corrected chi connectivity index (χ2v) is 17.7. The largest absolute Gasteiger partial charge is 0.472 e. The van der Waals surface area contributed by atoms with Crippen molar-refractivity contribution in [3.8, 4) is 0 Å². The number of carbonyl (C=O) groups is 2. The summed E-state index contributed by atoms with van der Waals surface area (Å²) < 4.78 is 33.5. The Balaban J connectivity index is 2.47. The molecule has 59 heavy (non-hydrogen) atoms. The van der Waals surface area contributed by atoms with E-state index in [2.05, 4.69) is 38.2 Å². The molecular formula is C45H83O13P. The van der Waals surface area contributed by atoms with Crippen molar-refractivity contribution < 1.29 is 63.1 Å². The van der Waals surface area contributed by atoms with E-state index < -0.39 is 75.7 Å². The highest BCUT2D eigenvalue weighted by Gasteiger charge is 2.51. The Morgan fingerprint density at radius 2 is 0.898 bits per heavy atom. The molecule has 0 aromatic heterocycles. The van der Waals surface area contributed by atoms with Gasteiger partial charge in [-0.2, -0.15) is 0 Å². The molecule has 8 atom stereocenters. The van der Waals surface area contributed by atoms with Gasteiger partial charge in [-0.1, -0.05) is 167 Å². The van der Waals surface area contributed by atoms with Crippen molar-refractivity contribution in [2.75, 3.05) is 13.2 Å². The lowest BCUT2D eigenvalue weighted by atomic mass is 9.85. The lowest BCUT2D eigenvalue weighted by Gasteiger charge is -2.41. The molecule has 0 spiro atoms. The zero-order chi connectivity index (χ0) is 43.6. The van der Waals surface area contributed by atoms with E-state index in [4.69, 9.17) is 18.5 Å². The minimum atomic E-state index is -5.12. The zero-order valence-corrected chi connectivity index (χ0v) is 37.4. The third kappa shape index (κ3) is 28.5. The smallest absolute Gasteiger partial charge is 0.462 e. The van der Waals surface area contributed by atoms with Gasteiger partial charge in [0.05, 0.1) is 6.61 Å². The Morgan fingerprint density at radius 1 is 0.525 bits per heavy atom. The summed E-state index contributed by atoms with van der Waals surface area (Å²) in [4.78, 5) is 35.7. The summed E-state index contributed by atoms with van der Waals surface area (Å²) in [6, 6.07) is 0. The number of aliphatic hydroxyl groups excluding tert-OH is 5. The van der Waals surface area contributed by atoms with Crippen LogP contribution < -0.4 is 0 Å². The first-order valence-electron chi connectivity index (χ1n) is 23.2. The molecule has 0 aromatic rings. The van der Waals surface area contributed by atoms with E-state index in [-0.39, 0.29) is 12.8 Å². The number of aliphatic hydroxyl groups is 5. The van der Waals surface area contributed by atoms with Crippen LogP contribution in [0.2, 0.25) is 0 Å². The van der Waals surface area contributed by atoms with Crippen molar-refractivity contribution in [3.05, 3.63) is 24.3 Å². The summed E-state index contributed by atoms with van der Waals surface area (Å²) in [5.41, 5.74) is 0. The quantitative estimate of drug-likeness (QED) is 0.0149. The van der Waals surface area contributed by atoms with Crippen LogP contribution in [0, 0.1) is 0 Å². The Hall–Kier alpha value is -1.67. The van der Waals surface area contributed by atoms with Crippen LogP contribution in [-0.2, 0) is 32.7 Å². The van der Waals surface area contributed by atoms with Crippen LogP contribution in [0.4, 0.5) is 0 Å². The number of esters is 2. The summed E-state index contributed by atoms with van der Waals surface area (Å²) >= 11 is 0. The molecule has 0 aromatic carbocycles. The molecule has 0 bridgehead atoms. The van der Waals surface area contributed by atoms with Crippen molar-refractivity contribution in [2.24, 2.45) is 0 Å². The highest BCUT2D eigenvalue weighted by atomic mass is 31.2. The fraction of sp³-hybridized carbons (Fsp3) is 0.867. The lowest BCUT2D eigenvalue weighted by molar-refractivity contribution is -0.220. The highest BCUT2D eigenvalue weighted by molar-refractivity contribution is 7.47. The molecule has 1 saturated carbocycles. The molecule has 0 amide bonds. The normalized spacial score (nSPS) is 22.5. The van der Waals surface area contributed by atoms with Gasteiger partial charge >= 0.3 is 19.8 Å². The first kappa shape index (κ1) is 55.3. The number of carbonyl (C=O) groups excluding carboxylic acids is 2. The van der Waals surface area contributed by atoms with Crippen molar-refractivity contribution in [1.29, 1.82) is 0 Å². The fourth-order valence-electron chi connectivity index (χ4n) is 7.04. The molecule has 346 valence electrons. The van der Waals surface area contributed by atoms with E-state index in [1.807, 2.05) is 0 Å². The summed E-state index contributed by atoms with van der Waals surface area (Å²) in [5, 5.41) is 50.1. The number of hydrogen-bond donors (Lipinski definition) is 6. The van der Waals surface area contributed by atoms with Crippen LogP contribution in [0.5, 0.6) is 0 Å². The summed E-state index contributed by atoms with van der Waals surface area (Å²) in [5.74, 6) is -1.11. The molecule has 1 aliphatic carbocycles. The number of allylic oxidation sites excluding steroid dienone is 4. The molecule has 0 heterocycles. The Bertz CT molecular complexity index is 1130. The zero-order valence-electron chi connectivity index (χ0n) is 36.6. The third-order valence-electron chi connectivity index (χ3n) is 10.8. The van der Waals surface area contributed by atoms with Crippen LogP contribution in [0.3, 0.4) is 0 Å². The van der Waals surface area contributed by atoms with Crippen molar-refractivity contribution in [1.82, 2.24) is 0 Å². The molecule has 1 rings (SSSR count). The number of hydrogen-bond acceptors (Lipinski definition) is 12. The molecule has 0 aliphatic heterocycles. The van der Waals surface area contributed by atoms with E-state index in [0.717, 1.165) is 57.8 Å². The van der Waals surface area contributed by atoms with E-state index in [9.17, 15) is 44.6 Å². The SMILES string of the molecule is CCCCCC/C=C/C=C/CCCCCCCC(=O)O[C@H](COC(=O)CCCCCCCCCCCCCCCCC)COP(=O)(O)OC1C(O)C(O)C(O)[C@@H](O)C1O. The van der Waals surface area contributed by atoms with Gasteiger partial charge in [-0.3, -0.25) is 18.6 Å². The van der Waals surface area contributed by atoms with Gasteiger partial charge < -0.3 is 39.9 Å². The molecule has 1 aliphatic rings. The topological polar surface area (TPSA) is 210 Å². The first-order valence-corrected chi connectivity index (χ1v) is 24.7. The Kier molecular flexibility index (Phi) is 33.7. The predicted octanol–water partition coefficient (Wildman–Crippen LogP) is 8.84. The minimum Gasteiger partial charge on any atom is -0.462 e. The molecule has 0 radical (unpaired) electrons. The molecule has 1 fully saturated rings. The maximum absolute atomic E-state index is 12.8. The summed E-state index contributed by atoms with van der Waals surface area (Å²) in [7, 11) is -5.12. The minimum absolute atomic E-state index is 0.0817. The molecule has 6 N–H and O–H groups in total. The van der Waals surface area contributed by atoms with Gasteiger partial charge in [0.25, 0.3) is 0 Å². The van der Waals surface area contributed by atoms with Crippen LogP contribution in [0.15, 0.2) is 24.3 Å². The average molecular weight is 863 g/mol. The standard InChI is InChI=1S/C45H83O13P/c1-3-5-7-9-11-13-15-17-19-21-23-25-27-29-31-33-38(46)55-35-37(36-56-59(53,54)58-45-43(51)41(49)40(48)42(50)44(45)52)57-39(47)34-32-30-28-26-24-22-20-18-16-14-12-10-8-6-4-2/h14,16,18,20,37,40-45,48-52H,3-13,15,17,19,21-36H2,1-2H3,(H,53,54)/b16-14+,20-18+/t37-,40?,41-,42?,43?,44?,45?/m1/s1. The summed E-state index contributed by atoms with van der Waals surface area (Å²) in [6.45, 7) is 3.27. The van der Waals surface area contributed by atoms with E-state index >= 15 is 0 Å². The number of phosphoric acid groups is 1. The van der Waals surface area contributed by atoms with Gasteiger partial charge in [0.1, 0.15) is 43.2 Å². The van der Waals surface area contributed by atoms with Gasteiger partial charge in [0.15, 0.2) is 6.10 Å². The maximum atomic E-state index is 12.8. The van der Waals surface area contributed by atoms with Gasteiger partial charge in [-0.25, -0.2) is 4.57 Å². The van der Waals surface area contributed by atoms with Crippen molar-refractivity contribution in [3.63, 3.8) is 0 Å². The van der Waals surface area contributed by atoms with Gasteiger partial charge in [-0.05, 0) is 38.5 Å². The van der Waals surface area contributed by atoms with Crippen LogP contribution in [-0.4, -0.2) is 98.3 Å². The van der Waals surface area contributed by atoms with Crippen LogP contribution in [0.1, 0.15) is 194 Å². The van der Waals surface area contributed by atoms with E-state index in [1.54, 1.807) is 0 Å². The maximum Gasteiger partial charge on any atom is 0.472 e. The Labute approximate surface area is 356 Å². The third-order valence-corrected chi connectivity index (χ3v) is 11.8. The lowest BCUT2D eigenvalue weighted by Crippen LogP contribution is -2.64. The first-order chi connectivity index (χ1) is 28.4. The summed E-state index contributed by atoms with van der Waals surface area (Å²) in [6.07, 6.45) is 25.1. The van der Waals surface area contributed by atoms with E-state index in [1.165, 1.54) is 96.3 Å². The predicted molar refractivity (Wildman–Crippen MR) is 230 cm³/mol. The number of unbranched alkanes of at least 4 members (excludes halogenated alkanes) is 23. The number of phosphoric ester groups is 1. The number of ether oxygens (including phenoxy) is 2. The molecule has 13 nitrogen and oxygen atoms in total. The van der Waals surface area contributed by atoms with Crippen molar-refractivity contribution >= 4 is 19.8 Å². The molecule has 6 unspecified atom stereocenters. The molecular weight excluding hydrogens is 779 g/mol. The van der Waals surface area contributed by atoms with Gasteiger partial charge in [0.2, 0.25) is 0 Å². The average Bonchev–Trinajstić information content (AvgIpc) is 3.21. The van der Waals surface area contributed by atoms with Gasteiger partial charge in [-0.15, -0.1) is 0 Å². The van der Waals surface area contributed by atoms with E-state index in [0.29, 0.717) is 12.8 Å². The highest BCUT2D eigenvalue weighted by Crippen LogP contribution is 2.47. The number of rotatable bonds is 38. The van der Waals surface area contributed by atoms with Crippen LogP contribution in [0.25, 0.3) is 0 Å². The fourth-order valence-corrected chi connectivity index (χ4v) is 8.02. The Morgan fingerprint density at radius 3 is 1.36 bits per heavy atom. The molecule has 0 saturated heterocycles. The van der Waals surface area contributed by atoms with Crippen molar-refractivity contribution in [2.45, 2.75) is 236 Å². The second-order valence-electron chi connectivity index (χ2n) is 16.3. The second kappa shape index (κ2) is 35.9. The molecule has 14 heteroatoms. The van der Waals surface area contributed by atoms with Gasteiger partial charge in [0, 0.05) is 12.8 Å².